The van der Waals surface area contributed by atoms with E-state index in [4.69, 9.17) is 11.6 Å². The molecule has 0 aromatic heterocycles. The average Bonchev–Trinajstić information content (AvgIpc) is 2.84. The van der Waals surface area contributed by atoms with Crippen LogP contribution in [-0.2, 0) is 29.0 Å². The summed E-state index contributed by atoms with van der Waals surface area (Å²) in [6.45, 7) is 4.96. The van der Waals surface area contributed by atoms with Crippen molar-refractivity contribution in [1.29, 1.82) is 0 Å². The molecule has 0 aliphatic rings. The maximum absolute atomic E-state index is 13.7. The Morgan fingerprint density at radius 1 is 0.912 bits per heavy atom. The summed E-state index contributed by atoms with van der Waals surface area (Å²) in [6.07, 6.45) is 2.53. The molecule has 5 heteroatoms. The smallest absolute Gasteiger partial charge is 0.243 e. The Labute approximate surface area is 207 Å². The Bertz CT molecular complexity index is 1070. The molecule has 0 spiro atoms. The number of benzene rings is 3. The maximum atomic E-state index is 13.7. The number of nitrogens with zero attached hydrogens (tertiary/aromatic N) is 1. The van der Waals surface area contributed by atoms with Gasteiger partial charge in [0.15, 0.2) is 0 Å². The molecule has 178 valence electrons. The van der Waals surface area contributed by atoms with Gasteiger partial charge in [-0.15, -0.1) is 0 Å². The van der Waals surface area contributed by atoms with Gasteiger partial charge in [0.25, 0.3) is 0 Å². The molecule has 34 heavy (non-hydrogen) atoms. The fourth-order valence-electron chi connectivity index (χ4n) is 3.85. The largest absolute Gasteiger partial charge is 0.354 e. The highest BCUT2D eigenvalue weighted by atomic mass is 35.5. The molecule has 0 radical (unpaired) electrons. The van der Waals surface area contributed by atoms with Gasteiger partial charge >= 0.3 is 0 Å². The van der Waals surface area contributed by atoms with Crippen molar-refractivity contribution in [3.05, 3.63) is 106 Å². The van der Waals surface area contributed by atoms with E-state index in [9.17, 15) is 9.59 Å². The summed E-state index contributed by atoms with van der Waals surface area (Å²) < 4.78 is 0. The highest BCUT2D eigenvalue weighted by molar-refractivity contribution is 6.31. The molecule has 0 heterocycles. The second-order valence-corrected chi connectivity index (χ2v) is 9.03. The van der Waals surface area contributed by atoms with Crippen molar-refractivity contribution in [2.24, 2.45) is 0 Å². The third-order valence-electron chi connectivity index (χ3n) is 5.88. The number of carbonyl (C=O) groups is 2. The highest BCUT2D eigenvalue weighted by Crippen LogP contribution is 2.21. The predicted octanol–water partition coefficient (Wildman–Crippen LogP) is 5.75. The van der Waals surface area contributed by atoms with E-state index in [0.29, 0.717) is 18.0 Å². The quantitative estimate of drug-likeness (QED) is 0.358. The van der Waals surface area contributed by atoms with E-state index in [-0.39, 0.29) is 24.8 Å². The lowest BCUT2D eigenvalue weighted by Gasteiger charge is -2.32. The third-order valence-corrected chi connectivity index (χ3v) is 6.24. The van der Waals surface area contributed by atoms with Gasteiger partial charge in [-0.25, -0.2) is 0 Å². The summed E-state index contributed by atoms with van der Waals surface area (Å²) in [5.41, 5.74) is 3.89. The van der Waals surface area contributed by atoms with Gasteiger partial charge < -0.3 is 10.2 Å². The van der Waals surface area contributed by atoms with Crippen LogP contribution < -0.4 is 5.32 Å². The first-order chi connectivity index (χ1) is 16.5. The van der Waals surface area contributed by atoms with Crippen molar-refractivity contribution < 1.29 is 9.59 Å². The second kappa shape index (κ2) is 13.0. The molecule has 0 saturated carbocycles. The van der Waals surface area contributed by atoms with Gasteiger partial charge in [-0.1, -0.05) is 103 Å². The number of hydrogen-bond donors (Lipinski definition) is 1. The molecular weight excluding hydrogens is 444 g/mol. The van der Waals surface area contributed by atoms with Crippen LogP contribution >= 0.6 is 11.6 Å². The molecule has 0 unspecified atom stereocenters. The van der Waals surface area contributed by atoms with Gasteiger partial charge in [-0.05, 0) is 36.1 Å². The number of amides is 2. The number of nitrogens with one attached hydrogen (secondary N) is 1. The molecule has 0 aliphatic heterocycles. The van der Waals surface area contributed by atoms with Crippen LogP contribution in [0.3, 0.4) is 0 Å². The van der Waals surface area contributed by atoms with Crippen molar-refractivity contribution in [3.63, 3.8) is 0 Å². The molecule has 3 aromatic carbocycles. The number of carbonyl (C=O) groups excluding carboxylic acids is 2. The van der Waals surface area contributed by atoms with E-state index >= 15 is 0 Å². The maximum Gasteiger partial charge on any atom is 0.243 e. The Balaban J connectivity index is 1.94. The van der Waals surface area contributed by atoms with Crippen LogP contribution in [0.4, 0.5) is 0 Å². The molecular formula is C29H33ClN2O2. The summed E-state index contributed by atoms with van der Waals surface area (Å²) in [7, 11) is 0. The van der Waals surface area contributed by atoms with Gasteiger partial charge in [0.2, 0.25) is 11.8 Å². The van der Waals surface area contributed by atoms with Crippen LogP contribution in [-0.4, -0.2) is 29.3 Å². The molecule has 0 bridgehead atoms. The van der Waals surface area contributed by atoms with E-state index in [1.165, 1.54) is 0 Å². The monoisotopic (exact) mass is 476 g/mol. The van der Waals surface area contributed by atoms with E-state index in [0.717, 1.165) is 35.1 Å². The minimum absolute atomic E-state index is 0.102. The third kappa shape index (κ3) is 7.46. The Morgan fingerprint density at radius 3 is 2.26 bits per heavy atom. The predicted molar refractivity (Wildman–Crippen MR) is 139 cm³/mol. The van der Waals surface area contributed by atoms with Gasteiger partial charge in [-0.2, -0.15) is 0 Å². The first-order valence-corrected chi connectivity index (χ1v) is 12.3. The van der Waals surface area contributed by atoms with Crippen molar-refractivity contribution in [2.75, 3.05) is 6.54 Å². The minimum atomic E-state index is -0.645. The number of unbranched alkanes of at least 4 members (excludes halogenated alkanes) is 1. The van der Waals surface area contributed by atoms with Crippen molar-refractivity contribution in [1.82, 2.24) is 10.2 Å². The van der Waals surface area contributed by atoms with E-state index in [1.54, 1.807) is 4.90 Å². The summed E-state index contributed by atoms with van der Waals surface area (Å²) >= 11 is 6.46. The van der Waals surface area contributed by atoms with Crippen molar-refractivity contribution in [2.45, 2.75) is 52.1 Å². The van der Waals surface area contributed by atoms with Crippen molar-refractivity contribution in [3.8, 4) is 0 Å². The standard InChI is InChI=1S/C29H33ClN2O2/c1-3-4-18-31-29(34)27(19-23-10-6-5-7-11-23)32(21-25-12-8-9-13-26(25)30)28(33)20-24-16-14-22(2)15-17-24/h5-17,27H,3-4,18-21H2,1-2H3,(H,31,34)/t27-/m1/s1. The minimum Gasteiger partial charge on any atom is -0.354 e. The zero-order chi connectivity index (χ0) is 24.3. The van der Waals surface area contributed by atoms with Gasteiger partial charge in [0.05, 0.1) is 6.42 Å². The zero-order valence-electron chi connectivity index (χ0n) is 20.0. The first kappa shape index (κ1) is 25.5. The van der Waals surface area contributed by atoms with Crippen LogP contribution in [0.15, 0.2) is 78.9 Å². The molecule has 0 aliphatic carbocycles. The highest BCUT2D eigenvalue weighted by Gasteiger charge is 2.30. The van der Waals surface area contributed by atoms with Gasteiger partial charge in [0, 0.05) is 24.5 Å². The lowest BCUT2D eigenvalue weighted by Crippen LogP contribution is -2.51. The zero-order valence-corrected chi connectivity index (χ0v) is 20.7. The van der Waals surface area contributed by atoms with Crippen LogP contribution in [0.5, 0.6) is 0 Å². The lowest BCUT2D eigenvalue weighted by molar-refractivity contribution is -0.140. The van der Waals surface area contributed by atoms with E-state index in [1.807, 2.05) is 85.8 Å². The summed E-state index contributed by atoms with van der Waals surface area (Å²) in [5.74, 6) is -0.239. The van der Waals surface area contributed by atoms with E-state index < -0.39 is 6.04 Å². The van der Waals surface area contributed by atoms with Crippen LogP contribution in [0.1, 0.15) is 42.0 Å². The number of hydrogen-bond acceptors (Lipinski definition) is 2. The van der Waals surface area contributed by atoms with Crippen molar-refractivity contribution >= 4 is 23.4 Å². The summed E-state index contributed by atoms with van der Waals surface area (Å²) in [6, 6.07) is 24.6. The topological polar surface area (TPSA) is 49.4 Å². The SMILES string of the molecule is CCCCNC(=O)[C@@H](Cc1ccccc1)N(Cc1ccccc1Cl)C(=O)Cc1ccc(C)cc1. The lowest BCUT2D eigenvalue weighted by atomic mass is 10.0. The molecule has 3 aromatic rings. The fraction of sp³-hybridized carbons (Fsp3) is 0.310. The van der Waals surface area contributed by atoms with Gasteiger partial charge in [-0.3, -0.25) is 9.59 Å². The number of halogens is 1. The number of rotatable bonds is 11. The second-order valence-electron chi connectivity index (χ2n) is 8.63. The first-order valence-electron chi connectivity index (χ1n) is 11.9. The van der Waals surface area contributed by atoms with Crippen LogP contribution in [0.25, 0.3) is 0 Å². The average molecular weight is 477 g/mol. The molecule has 4 nitrogen and oxygen atoms in total. The Hall–Kier alpha value is -3.11. The summed E-state index contributed by atoms with van der Waals surface area (Å²) in [4.78, 5) is 28.8. The molecule has 0 fully saturated rings. The normalized spacial score (nSPS) is 11.6. The van der Waals surface area contributed by atoms with Gasteiger partial charge in [0.1, 0.15) is 6.04 Å². The fourth-order valence-corrected chi connectivity index (χ4v) is 4.05. The molecule has 0 saturated heterocycles. The van der Waals surface area contributed by atoms with Crippen LogP contribution in [0, 0.1) is 6.92 Å². The molecule has 2 amide bonds. The molecule has 1 N–H and O–H groups in total. The molecule has 3 rings (SSSR count). The van der Waals surface area contributed by atoms with Crippen LogP contribution in [0.2, 0.25) is 5.02 Å². The molecule has 1 atom stereocenters. The Morgan fingerprint density at radius 2 is 1.59 bits per heavy atom. The summed E-state index contributed by atoms with van der Waals surface area (Å²) in [5, 5.41) is 3.63. The van der Waals surface area contributed by atoms with E-state index in [2.05, 4.69) is 12.2 Å². The Kier molecular flexibility index (Phi) is 9.72. The number of aryl methyl sites for hydroxylation is 1.